The highest BCUT2D eigenvalue weighted by Gasteiger charge is 2.14. The number of amides is 2. The van der Waals surface area contributed by atoms with Crippen LogP contribution in [-0.4, -0.2) is 30.3 Å². The van der Waals surface area contributed by atoms with Crippen molar-refractivity contribution in [3.05, 3.63) is 29.8 Å². The van der Waals surface area contributed by atoms with E-state index < -0.39 is 12.0 Å². The number of para-hydroxylation sites is 1. The second-order valence-electron chi connectivity index (χ2n) is 4.19. The van der Waals surface area contributed by atoms with Crippen molar-refractivity contribution in [1.82, 2.24) is 16.2 Å². The number of hydrazine groups is 1. The van der Waals surface area contributed by atoms with Crippen LogP contribution in [0.2, 0.25) is 0 Å². The van der Waals surface area contributed by atoms with E-state index in [1.54, 1.807) is 24.3 Å². The lowest BCUT2D eigenvalue weighted by Crippen LogP contribution is -2.48. The maximum Gasteiger partial charge on any atom is 0.425 e. The molecule has 0 bridgehead atoms. The summed E-state index contributed by atoms with van der Waals surface area (Å²) < 4.78 is 9.90. The number of hydrogen-bond donors (Lipinski definition) is 3. The van der Waals surface area contributed by atoms with Gasteiger partial charge in [0.15, 0.2) is 5.11 Å². The largest absolute Gasteiger partial charge is 0.490 e. The fourth-order valence-corrected chi connectivity index (χ4v) is 1.52. The molecule has 1 aromatic rings. The molecule has 0 spiro atoms. The predicted octanol–water partition coefficient (Wildman–Crippen LogP) is 1.35. The fourth-order valence-electron chi connectivity index (χ4n) is 1.37. The lowest BCUT2D eigenvalue weighted by Gasteiger charge is -2.14. The molecule has 114 valence electrons. The highest BCUT2D eigenvalue weighted by atomic mass is 32.1. The molecule has 0 saturated carbocycles. The Balaban J connectivity index is 2.67. The Morgan fingerprint density at radius 1 is 1.19 bits per heavy atom. The molecule has 21 heavy (non-hydrogen) atoms. The minimum Gasteiger partial charge on any atom is -0.490 e. The summed E-state index contributed by atoms with van der Waals surface area (Å²) in [6.45, 7) is 3.72. The van der Waals surface area contributed by atoms with Crippen LogP contribution >= 0.6 is 12.2 Å². The summed E-state index contributed by atoms with van der Waals surface area (Å²) >= 11 is 4.87. The molecule has 2 amide bonds. The minimum atomic E-state index is -0.727. The van der Waals surface area contributed by atoms with Crippen molar-refractivity contribution in [2.45, 2.75) is 20.0 Å². The molecule has 0 aromatic heterocycles. The van der Waals surface area contributed by atoms with Crippen molar-refractivity contribution in [1.29, 1.82) is 0 Å². The predicted molar refractivity (Wildman–Crippen MR) is 80.9 cm³/mol. The Kier molecular flexibility index (Phi) is 6.41. The van der Waals surface area contributed by atoms with Crippen LogP contribution < -0.4 is 20.9 Å². The van der Waals surface area contributed by atoms with Gasteiger partial charge in [-0.05, 0) is 38.2 Å². The number of nitrogens with one attached hydrogen (secondary N) is 3. The molecule has 3 N–H and O–H groups in total. The monoisotopic (exact) mass is 311 g/mol. The molecule has 0 unspecified atom stereocenters. The van der Waals surface area contributed by atoms with Gasteiger partial charge in [0.05, 0.1) is 18.8 Å². The molecule has 0 atom stereocenters. The third-order valence-corrected chi connectivity index (χ3v) is 2.39. The molecule has 0 aliphatic rings. The minimum absolute atomic E-state index is 0.0648. The van der Waals surface area contributed by atoms with Crippen molar-refractivity contribution in [2.75, 3.05) is 7.11 Å². The normalized spacial score (nSPS) is 9.71. The molecule has 0 fully saturated rings. The molecule has 0 aliphatic heterocycles. The molecule has 0 heterocycles. The lowest BCUT2D eigenvalue weighted by molar-refractivity contribution is 0.0970. The number of ether oxygens (including phenoxy) is 2. The maximum atomic E-state index is 12.1. The first-order valence-electron chi connectivity index (χ1n) is 6.15. The number of carbonyl (C=O) groups is 2. The SMILES string of the molecule is COC(=O)NNC(=S)NC(=O)c1ccccc1OC(C)C. The number of thiocarbonyl (C=S) groups is 1. The summed E-state index contributed by atoms with van der Waals surface area (Å²) in [5, 5.41) is 2.36. The van der Waals surface area contributed by atoms with Gasteiger partial charge in [-0.3, -0.25) is 15.5 Å². The van der Waals surface area contributed by atoms with Crippen LogP contribution in [0.4, 0.5) is 4.79 Å². The van der Waals surface area contributed by atoms with Gasteiger partial charge in [0.2, 0.25) is 0 Å². The van der Waals surface area contributed by atoms with Crippen molar-refractivity contribution in [2.24, 2.45) is 0 Å². The summed E-state index contributed by atoms with van der Waals surface area (Å²) in [5.74, 6) is 0.00384. The number of carbonyl (C=O) groups excluding carboxylic acids is 2. The summed E-state index contributed by atoms with van der Waals surface area (Å²) in [6.07, 6.45) is -0.792. The fraction of sp³-hybridized carbons (Fsp3) is 0.308. The number of rotatable bonds is 3. The molecule has 0 aliphatic carbocycles. The zero-order valence-corrected chi connectivity index (χ0v) is 12.7. The van der Waals surface area contributed by atoms with Gasteiger partial charge in [-0.25, -0.2) is 10.2 Å². The summed E-state index contributed by atoms with van der Waals surface area (Å²) in [7, 11) is 1.21. The van der Waals surface area contributed by atoms with E-state index in [9.17, 15) is 9.59 Å². The average molecular weight is 311 g/mol. The van der Waals surface area contributed by atoms with E-state index in [1.165, 1.54) is 7.11 Å². The van der Waals surface area contributed by atoms with Crippen molar-refractivity contribution >= 4 is 29.3 Å². The van der Waals surface area contributed by atoms with Crippen LogP contribution in [0.3, 0.4) is 0 Å². The van der Waals surface area contributed by atoms with Gasteiger partial charge in [-0.2, -0.15) is 0 Å². The first kappa shape index (κ1) is 16.7. The van der Waals surface area contributed by atoms with Gasteiger partial charge in [-0.1, -0.05) is 12.1 Å². The summed E-state index contributed by atoms with van der Waals surface area (Å²) in [5.41, 5.74) is 4.81. The van der Waals surface area contributed by atoms with Crippen molar-refractivity contribution < 1.29 is 19.1 Å². The van der Waals surface area contributed by atoms with E-state index in [1.807, 2.05) is 13.8 Å². The molecular formula is C13H17N3O4S. The Morgan fingerprint density at radius 3 is 2.48 bits per heavy atom. The Morgan fingerprint density at radius 2 is 1.86 bits per heavy atom. The number of methoxy groups -OCH3 is 1. The highest BCUT2D eigenvalue weighted by Crippen LogP contribution is 2.19. The van der Waals surface area contributed by atoms with Gasteiger partial charge in [0.25, 0.3) is 5.91 Å². The molecule has 0 radical (unpaired) electrons. The van der Waals surface area contributed by atoms with Crippen LogP contribution in [0.1, 0.15) is 24.2 Å². The van der Waals surface area contributed by atoms with Crippen LogP contribution in [-0.2, 0) is 4.74 Å². The maximum absolute atomic E-state index is 12.1. The third-order valence-electron chi connectivity index (χ3n) is 2.18. The molecule has 7 nitrogen and oxygen atoms in total. The van der Waals surface area contributed by atoms with Gasteiger partial charge in [0.1, 0.15) is 5.75 Å². The van der Waals surface area contributed by atoms with Crippen molar-refractivity contribution in [3.63, 3.8) is 0 Å². The van der Waals surface area contributed by atoms with E-state index in [2.05, 4.69) is 20.9 Å². The van der Waals surface area contributed by atoms with Crippen molar-refractivity contribution in [3.8, 4) is 5.75 Å². The van der Waals surface area contributed by atoms with E-state index in [0.717, 1.165) is 0 Å². The van der Waals surface area contributed by atoms with Crippen LogP contribution in [0.5, 0.6) is 5.75 Å². The van der Waals surface area contributed by atoms with E-state index in [-0.39, 0.29) is 11.2 Å². The summed E-state index contributed by atoms with van der Waals surface area (Å²) in [4.78, 5) is 23.0. The smallest absolute Gasteiger partial charge is 0.425 e. The Bertz CT molecular complexity index is 534. The van der Waals surface area contributed by atoms with Crippen LogP contribution in [0.15, 0.2) is 24.3 Å². The Labute approximate surface area is 128 Å². The average Bonchev–Trinajstić information content (AvgIpc) is 2.44. The summed E-state index contributed by atoms with van der Waals surface area (Å²) in [6, 6.07) is 6.79. The molecular weight excluding hydrogens is 294 g/mol. The zero-order valence-electron chi connectivity index (χ0n) is 11.9. The van der Waals surface area contributed by atoms with Gasteiger partial charge in [-0.15, -0.1) is 0 Å². The standard InChI is InChI=1S/C13H17N3O4S/c1-8(2)20-10-7-5-4-6-9(10)11(17)14-12(21)15-16-13(18)19-3/h4-8H,1-3H3,(H,16,18)(H2,14,15,17,21). The topological polar surface area (TPSA) is 88.7 Å². The number of benzene rings is 1. The first-order chi connectivity index (χ1) is 9.93. The van der Waals surface area contributed by atoms with E-state index >= 15 is 0 Å². The third kappa shape index (κ3) is 5.65. The zero-order chi connectivity index (χ0) is 15.8. The molecule has 0 saturated heterocycles. The second-order valence-corrected chi connectivity index (χ2v) is 4.60. The van der Waals surface area contributed by atoms with Gasteiger partial charge >= 0.3 is 6.09 Å². The quantitative estimate of drug-likeness (QED) is 0.577. The van der Waals surface area contributed by atoms with E-state index in [4.69, 9.17) is 17.0 Å². The lowest BCUT2D eigenvalue weighted by atomic mass is 10.2. The number of hydrogen-bond acceptors (Lipinski definition) is 5. The molecule has 8 heteroatoms. The van der Waals surface area contributed by atoms with Gasteiger partial charge < -0.3 is 9.47 Å². The molecule has 1 aromatic carbocycles. The van der Waals surface area contributed by atoms with E-state index in [0.29, 0.717) is 11.3 Å². The second kappa shape index (κ2) is 8.05. The van der Waals surface area contributed by atoms with Crippen LogP contribution in [0.25, 0.3) is 0 Å². The molecule has 1 rings (SSSR count). The van der Waals surface area contributed by atoms with Gasteiger partial charge in [0, 0.05) is 0 Å². The first-order valence-corrected chi connectivity index (χ1v) is 6.55. The van der Waals surface area contributed by atoms with Crippen LogP contribution in [0, 0.1) is 0 Å². The Hall–Kier alpha value is -2.35. The highest BCUT2D eigenvalue weighted by molar-refractivity contribution is 7.80.